The molecule has 0 unspecified atom stereocenters. The van der Waals surface area contributed by atoms with Gasteiger partial charge in [0.15, 0.2) is 0 Å². The topological polar surface area (TPSA) is 62.7 Å². The molecule has 2 heterocycles. The van der Waals surface area contributed by atoms with Gasteiger partial charge in [0, 0.05) is 23.3 Å². The van der Waals surface area contributed by atoms with E-state index >= 15 is 0 Å². The molecule has 1 fully saturated rings. The number of hydrogen-bond acceptors (Lipinski definition) is 5. The second kappa shape index (κ2) is 8.11. The number of aromatic nitrogens is 3. The minimum absolute atomic E-state index is 0.409. The monoisotopic (exact) mass is 399 g/mol. The average Bonchev–Trinajstić information content (AvgIpc) is 3.18. The quantitative estimate of drug-likeness (QED) is 0.555. The molecule has 1 saturated carbocycles. The third-order valence-corrected chi connectivity index (χ3v) is 5.10. The fourth-order valence-electron chi connectivity index (χ4n) is 3.21. The van der Waals surface area contributed by atoms with Crippen molar-refractivity contribution in [1.29, 1.82) is 0 Å². The summed E-state index contributed by atoms with van der Waals surface area (Å²) < 4.78 is 0. The Labute approximate surface area is 168 Å². The lowest BCUT2D eigenvalue weighted by Gasteiger charge is -2.15. The fraction of sp³-hybridized carbons (Fsp3) is 0.250. The third kappa shape index (κ3) is 4.49. The predicted octanol–water partition coefficient (Wildman–Crippen LogP) is 5.94. The van der Waals surface area contributed by atoms with E-state index < -0.39 is 0 Å². The van der Waals surface area contributed by atoms with Gasteiger partial charge < -0.3 is 10.6 Å². The Balaban J connectivity index is 1.69. The predicted molar refractivity (Wildman–Crippen MR) is 111 cm³/mol. The first kappa shape index (κ1) is 18.0. The van der Waals surface area contributed by atoms with Crippen molar-refractivity contribution in [1.82, 2.24) is 15.0 Å². The van der Waals surface area contributed by atoms with Crippen molar-refractivity contribution in [2.24, 2.45) is 0 Å². The number of hydrogen-bond donors (Lipinski definition) is 2. The molecule has 0 bridgehead atoms. The molecule has 0 spiro atoms. The minimum atomic E-state index is 0.409. The molecule has 5 nitrogen and oxygen atoms in total. The Hall–Kier alpha value is -2.37. The molecule has 0 aliphatic heterocycles. The van der Waals surface area contributed by atoms with Crippen molar-refractivity contribution >= 4 is 40.7 Å². The second-order valence-corrected chi connectivity index (χ2v) is 7.40. The van der Waals surface area contributed by atoms with Gasteiger partial charge in [0.25, 0.3) is 0 Å². The largest absolute Gasteiger partial charge is 0.351 e. The van der Waals surface area contributed by atoms with Crippen molar-refractivity contribution in [2.75, 3.05) is 10.6 Å². The van der Waals surface area contributed by atoms with Crippen LogP contribution in [0.15, 0.2) is 48.7 Å². The number of pyridine rings is 1. The standard InChI is InChI=1S/C20H19Cl2N5/c21-13-8-9-15(22)17(11-13)25-19-12-18(16-7-3-4-10-23-16)26-20(27-19)24-14-5-1-2-6-14/h3-4,7-12,14H,1-2,5-6H2,(H2,24,25,26,27). The van der Waals surface area contributed by atoms with Crippen LogP contribution in [0.2, 0.25) is 10.0 Å². The first-order chi connectivity index (χ1) is 13.2. The lowest BCUT2D eigenvalue weighted by Crippen LogP contribution is -2.17. The van der Waals surface area contributed by atoms with E-state index in [-0.39, 0.29) is 0 Å². The minimum Gasteiger partial charge on any atom is -0.351 e. The number of nitrogens with zero attached hydrogens (tertiary/aromatic N) is 3. The fourth-order valence-corrected chi connectivity index (χ4v) is 3.54. The van der Waals surface area contributed by atoms with E-state index in [2.05, 4.69) is 25.6 Å². The van der Waals surface area contributed by atoms with Gasteiger partial charge in [0.1, 0.15) is 5.82 Å². The van der Waals surface area contributed by atoms with Crippen LogP contribution in [-0.2, 0) is 0 Å². The Morgan fingerprint density at radius 3 is 2.56 bits per heavy atom. The summed E-state index contributed by atoms with van der Waals surface area (Å²) in [5, 5.41) is 7.88. The van der Waals surface area contributed by atoms with E-state index in [9.17, 15) is 0 Å². The van der Waals surface area contributed by atoms with Gasteiger partial charge in [-0.25, -0.2) is 4.98 Å². The molecule has 138 valence electrons. The molecule has 0 radical (unpaired) electrons. The van der Waals surface area contributed by atoms with Gasteiger partial charge in [-0.2, -0.15) is 4.98 Å². The van der Waals surface area contributed by atoms with Crippen LogP contribution in [0.1, 0.15) is 25.7 Å². The van der Waals surface area contributed by atoms with Crippen LogP contribution in [0.25, 0.3) is 11.4 Å². The lowest BCUT2D eigenvalue weighted by molar-refractivity contribution is 0.744. The van der Waals surface area contributed by atoms with Crippen molar-refractivity contribution < 1.29 is 0 Å². The Kier molecular flexibility index (Phi) is 5.41. The summed E-state index contributed by atoms with van der Waals surface area (Å²) in [5.74, 6) is 1.22. The van der Waals surface area contributed by atoms with Crippen molar-refractivity contribution in [3.8, 4) is 11.4 Å². The van der Waals surface area contributed by atoms with E-state index in [1.807, 2.05) is 24.3 Å². The summed E-state index contributed by atoms with van der Waals surface area (Å²) in [5.41, 5.74) is 2.23. The molecular formula is C20H19Cl2N5. The highest BCUT2D eigenvalue weighted by Crippen LogP contribution is 2.30. The highest BCUT2D eigenvalue weighted by atomic mass is 35.5. The maximum absolute atomic E-state index is 6.29. The molecule has 0 atom stereocenters. The normalized spacial score (nSPS) is 14.3. The van der Waals surface area contributed by atoms with Crippen molar-refractivity contribution in [2.45, 2.75) is 31.7 Å². The molecule has 4 rings (SSSR count). The molecular weight excluding hydrogens is 381 g/mol. The second-order valence-electron chi connectivity index (χ2n) is 6.55. The van der Waals surface area contributed by atoms with Gasteiger partial charge >= 0.3 is 0 Å². The van der Waals surface area contributed by atoms with Gasteiger partial charge in [-0.1, -0.05) is 42.1 Å². The van der Waals surface area contributed by atoms with Gasteiger partial charge in [-0.3, -0.25) is 4.98 Å². The summed E-state index contributed by atoms with van der Waals surface area (Å²) in [4.78, 5) is 13.7. The SMILES string of the molecule is Clc1ccc(Cl)c(Nc2cc(-c3ccccn3)nc(NC3CCCC3)n2)c1. The van der Waals surface area contributed by atoms with E-state index in [1.165, 1.54) is 12.8 Å². The smallest absolute Gasteiger partial charge is 0.225 e. The van der Waals surface area contributed by atoms with E-state index in [4.69, 9.17) is 23.2 Å². The molecule has 27 heavy (non-hydrogen) atoms. The van der Waals surface area contributed by atoms with E-state index in [0.717, 1.165) is 24.2 Å². The number of anilines is 3. The van der Waals surface area contributed by atoms with Crippen LogP contribution < -0.4 is 10.6 Å². The van der Waals surface area contributed by atoms with Gasteiger partial charge in [0.05, 0.1) is 22.1 Å². The average molecular weight is 400 g/mol. The Bertz CT molecular complexity index is 927. The molecule has 3 aromatic rings. The summed E-state index contributed by atoms with van der Waals surface area (Å²) in [6.45, 7) is 0. The van der Waals surface area contributed by atoms with Crippen molar-refractivity contribution in [3.05, 3.63) is 58.7 Å². The van der Waals surface area contributed by atoms with Crippen LogP contribution in [0.5, 0.6) is 0 Å². The molecule has 2 N–H and O–H groups in total. The summed E-state index contributed by atoms with van der Waals surface area (Å²) >= 11 is 12.4. The van der Waals surface area contributed by atoms with Crippen LogP contribution >= 0.6 is 23.2 Å². The maximum atomic E-state index is 6.29. The molecule has 0 amide bonds. The van der Waals surface area contributed by atoms with Crippen LogP contribution in [-0.4, -0.2) is 21.0 Å². The zero-order valence-electron chi connectivity index (χ0n) is 14.6. The maximum Gasteiger partial charge on any atom is 0.225 e. The number of rotatable bonds is 5. The first-order valence-electron chi connectivity index (χ1n) is 8.96. The summed E-state index contributed by atoms with van der Waals surface area (Å²) in [6.07, 6.45) is 6.50. The van der Waals surface area contributed by atoms with Gasteiger partial charge in [-0.05, 0) is 43.2 Å². The highest BCUT2D eigenvalue weighted by molar-refractivity contribution is 6.35. The zero-order valence-corrected chi connectivity index (χ0v) is 16.1. The highest BCUT2D eigenvalue weighted by Gasteiger charge is 2.17. The molecule has 1 aliphatic carbocycles. The van der Waals surface area contributed by atoms with Crippen molar-refractivity contribution in [3.63, 3.8) is 0 Å². The Morgan fingerprint density at radius 1 is 0.926 bits per heavy atom. The zero-order chi connectivity index (χ0) is 18.6. The first-order valence-corrected chi connectivity index (χ1v) is 9.72. The molecule has 1 aliphatic rings. The molecule has 0 saturated heterocycles. The van der Waals surface area contributed by atoms with Gasteiger partial charge in [-0.15, -0.1) is 0 Å². The van der Waals surface area contributed by atoms with E-state index in [1.54, 1.807) is 24.4 Å². The number of nitrogens with one attached hydrogen (secondary N) is 2. The number of halogens is 2. The summed E-state index contributed by atoms with van der Waals surface area (Å²) in [7, 11) is 0. The lowest BCUT2D eigenvalue weighted by atomic mass is 10.2. The van der Waals surface area contributed by atoms with Gasteiger partial charge in [0.2, 0.25) is 5.95 Å². The summed E-state index contributed by atoms with van der Waals surface area (Å²) in [6, 6.07) is 13.3. The van der Waals surface area contributed by atoms with Crippen LogP contribution in [0.3, 0.4) is 0 Å². The molecule has 7 heteroatoms. The molecule has 1 aromatic carbocycles. The van der Waals surface area contributed by atoms with E-state index in [0.29, 0.717) is 33.5 Å². The van der Waals surface area contributed by atoms with Crippen LogP contribution in [0.4, 0.5) is 17.5 Å². The molecule has 2 aromatic heterocycles. The number of benzene rings is 1. The third-order valence-electron chi connectivity index (χ3n) is 4.53. The Morgan fingerprint density at radius 2 is 1.78 bits per heavy atom. The van der Waals surface area contributed by atoms with Crippen LogP contribution in [0, 0.1) is 0 Å².